The van der Waals surface area contributed by atoms with Crippen molar-refractivity contribution in [1.82, 2.24) is 0 Å². The molecular weight excluding hydrogens is 415 g/mol. The zero-order chi connectivity index (χ0) is 21.2. The number of halogens is 4. The van der Waals surface area contributed by atoms with Gasteiger partial charge in [0.1, 0.15) is 5.56 Å². The van der Waals surface area contributed by atoms with E-state index in [1.807, 2.05) is 4.90 Å². The number of hydrogen-bond acceptors (Lipinski definition) is 5. The van der Waals surface area contributed by atoms with Crippen molar-refractivity contribution >= 4 is 34.6 Å². The Morgan fingerprint density at radius 1 is 1.17 bits per heavy atom. The van der Waals surface area contributed by atoms with Crippen LogP contribution in [0.1, 0.15) is 15.9 Å². The van der Waals surface area contributed by atoms with Crippen molar-refractivity contribution in [1.29, 1.82) is 0 Å². The van der Waals surface area contributed by atoms with Gasteiger partial charge in [-0.2, -0.15) is 13.2 Å². The number of anilines is 2. The van der Waals surface area contributed by atoms with Crippen LogP contribution in [0.5, 0.6) is 0 Å². The molecule has 0 bridgehead atoms. The number of nitrogens with one attached hydrogen (secondary N) is 1. The van der Waals surface area contributed by atoms with Crippen LogP contribution in [-0.4, -0.2) is 37.1 Å². The van der Waals surface area contributed by atoms with Gasteiger partial charge in [-0.1, -0.05) is 11.6 Å². The third-order valence-electron chi connectivity index (χ3n) is 4.33. The number of amides is 1. The Labute approximate surface area is 168 Å². The minimum atomic E-state index is -4.71. The fraction of sp³-hybridized carbons (Fsp3) is 0.278. The normalized spacial score (nSPS) is 14.6. The molecule has 1 fully saturated rings. The molecule has 2 aromatic rings. The van der Waals surface area contributed by atoms with Gasteiger partial charge in [0.25, 0.3) is 11.6 Å². The highest BCUT2D eigenvalue weighted by atomic mass is 35.5. The van der Waals surface area contributed by atoms with E-state index in [1.54, 1.807) is 0 Å². The summed E-state index contributed by atoms with van der Waals surface area (Å²) in [5.74, 6) is -0.901. The number of morpholine rings is 1. The van der Waals surface area contributed by atoms with Crippen molar-refractivity contribution in [2.75, 3.05) is 36.5 Å². The molecular formula is C18H15ClF3N3O4. The summed E-state index contributed by atoms with van der Waals surface area (Å²) < 4.78 is 44.3. The van der Waals surface area contributed by atoms with Crippen LogP contribution in [0.3, 0.4) is 0 Å². The fourth-order valence-corrected chi connectivity index (χ4v) is 3.13. The predicted octanol–water partition coefficient (Wildman–Crippen LogP) is 4.36. The molecule has 1 aliphatic rings. The lowest BCUT2D eigenvalue weighted by atomic mass is 10.1. The Hall–Kier alpha value is -2.85. The number of hydrogen-bond donors (Lipinski definition) is 1. The molecule has 1 N–H and O–H groups in total. The first-order chi connectivity index (χ1) is 13.7. The largest absolute Gasteiger partial charge is 0.417 e. The number of nitro benzene ring substituents is 1. The van der Waals surface area contributed by atoms with Crippen molar-refractivity contribution in [2.45, 2.75) is 6.18 Å². The topological polar surface area (TPSA) is 84.7 Å². The molecule has 154 valence electrons. The number of nitro groups is 1. The monoisotopic (exact) mass is 429 g/mol. The minimum Gasteiger partial charge on any atom is -0.378 e. The fourth-order valence-electron chi connectivity index (χ4n) is 2.90. The molecule has 0 aromatic heterocycles. The van der Waals surface area contributed by atoms with Crippen LogP contribution in [0.25, 0.3) is 0 Å². The van der Waals surface area contributed by atoms with Gasteiger partial charge in [0.2, 0.25) is 0 Å². The Kier molecular flexibility index (Phi) is 5.94. The highest BCUT2D eigenvalue weighted by Crippen LogP contribution is 2.36. The first-order valence-corrected chi connectivity index (χ1v) is 8.84. The summed E-state index contributed by atoms with van der Waals surface area (Å²) >= 11 is 5.57. The number of ether oxygens (including phenoxy) is 1. The van der Waals surface area contributed by atoms with E-state index in [1.165, 1.54) is 24.3 Å². The molecule has 3 rings (SSSR count). The lowest BCUT2D eigenvalue weighted by Crippen LogP contribution is -2.36. The average molecular weight is 430 g/mol. The van der Waals surface area contributed by atoms with E-state index >= 15 is 0 Å². The van der Waals surface area contributed by atoms with Gasteiger partial charge in [0.15, 0.2) is 0 Å². The molecule has 0 atom stereocenters. The summed E-state index contributed by atoms with van der Waals surface area (Å²) in [6, 6.07) is 6.93. The van der Waals surface area contributed by atoms with E-state index in [4.69, 9.17) is 16.3 Å². The third-order valence-corrected chi connectivity index (χ3v) is 4.66. The van der Waals surface area contributed by atoms with Crippen LogP contribution in [0.4, 0.5) is 30.2 Å². The molecule has 0 spiro atoms. The number of rotatable bonds is 4. The molecule has 1 heterocycles. The molecule has 0 aliphatic carbocycles. The Bertz CT molecular complexity index is 946. The van der Waals surface area contributed by atoms with E-state index in [9.17, 15) is 28.1 Å². The van der Waals surface area contributed by atoms with Crippen LogP contribution in [0.2, 0.25) is 5.02 Å². The summed E-state index contributed by atoms with van der Waals surface area (Å²) in [5, 5.41) is 13.1. The molecule has 0 unspecified atom stereocenters. The summed E-state index contributed by atoms with van der Waals surface area (Å²) in [5.41, 5.74) is -1.44. The van der Waals surface area contributed by atoms with Gasteiger partial charge in [0, 0.05) is 30.5 Å². The van der Waals surface area contributed by atoms with E-state index in [0.29, 0.717) is 38.1 Å². The van der Waals surface area contributed by atoms with Crippen LogP contribution in [-0.2, 0) is 10.9 Å². The first kappa shape index (κ1) is 20.9. The van der Waals surface area contributed by atoms with E-state index < -0.39 is 33.3 Å². The van der Waals surface area contributed by atoms with Crippen molar-refractivity contribution < 1.29 is 27.6 Å². The second-order valence-corrected chi connectivity index (χ2v) is 6.61. The third kappa shape index (κ3) is 4.77. The zero-order valence-electron chi connectivity index (χ0n) is 14.8. The number of nitrogens with zero attached hydrogens (tertiary/aromatic N) is 2. The smallest absolute Gasteiger partial charge is 0.378 e. The van der Waals surface area contributed by atoms with E-state index in [2.05, 4.69) is 5.32 Å². The molecule has 0 saturated carbocycles. The van der Waals surface area contributed by atoms with Crippen LogP contribution in [0.15, 0.2) is 36.4 Å². The molecule has 11 heteroatoms. The highest BCUT2D eigenvalue weighted by molar-refractivity contribution is 6.31. The van der Waals surface area contributed by atoms with Gasteiger partial charge >= 0.3 is 6.18 Å². The predicted molar refractivity (Wildman–Crippen MR) is 101 cm³/mol. The molecule has 7 nitrogen and oxygen atoms in total. The maximum atomic E-state index is 13.0. The standard InChI is InChI=1S/C18H15ClF3N3O4/c19-15-3-1-11(9-14(15)18(20,21)22)23-17(26)13-10-12(2-4-16(13)25(27)28)24-5-7-29-8-6-24/h1-4,9-10H,5-8H2,(H,23,26). The second kappa shape index (κ2) is 8.26. The molecule has 29 heavy (non-hydrogen) atoms. The summed E-state index contributed by atoms with van der Waals surface area (Å²) in [4.78, 5) is 25.1. The van der Waals surface area contributed by atoms with Crippen LogP contribution < -0.4 is 10.2 Å². The van der Waals surface area contributed by atoms with Crippen molar-refractivity contribution in [2.24, 2.45) is 0 Å². The van der Waals surface area contributed by atoms with Gasteiger partial charge < -0.3 is 15.0 Å². The second-order valence-electron chi connectivity index (χ2n) is 6.20. The van der Waals surface area contributed by atoms with Crippen molar-refractivity contribution in [3.8, 4) is 0 Å². The van der Waals surface area contributed by atoms with Crippen molar-refractivity contribution in [3.05, 3.63) is 62.7 Å². The number of carbonyl (C=O) groups excluding carboxylic acids is 1. The summed E-state index contributed by atoms with van der Waals surface area (Å²) in [7, 11) is 0. The molecule has 2 aromatic carbocycles. The van der Waals surface area contributed by atoms with Gasteiger partial charge in [-0.25, -0.2) is 0 Å². The number of alkyl halides is 3. The molecule has 1 amide bonds. The summed E-state index contributed by atoms with van der Waals surface area (Å²) in [6.07, 6.45) is -4.71. The van der Waals surface area contributed by atoms with E-state index in [-0.39, 0.29) is 11.3 Å². The Morgan fingerprint density at radius 2 is 1.86 bits per heavy atom. The molecule has 0 radical (unpaired) electrons. The highest BCUT2D eigenvalue weighted by Gasteiger charge is 2.33. The van der Waals surface area contributed by atoms with Crippen LogP contribution >= 0.6 is 11.6 Å². The quantitative estimate of drug-likeness (QED) is 0.576. The first-order valence-electron chi connectivity index (χ1n) is 8.46. The number of benzene rings is 2. The Balaban J connectivity index is 1.92. The SMILES string of the molecule is O=C(Nc1ccc(Cl)c(C(F)(F)F)c1)c1cc(N2CCOCC2)ccc1[N+](=O)[O-]. The zero-order valence-corrected chi connectivity index (χ0v) is 15.6. The Morgan fingerprint density at radius 3 is 2.48 bits per heavy atom. The maximum Gasteiger partial charge on any atom is 0.417 e. The summed E-state index contributed by atoms with van der Waals surface area (Å²) in [6.45, 7) is 2.04. The average Bonchev–Trinajstić information content (AvgIpc) is 2.68. The molecule has 1 aliphatic heterocycles. The van der Waals surface area contributed by atoms with Gasteiger partial charge in [-0.3, -0.25) is 14.9 Å². The minimum absolute atomic E-state index is 0.183. The van der Waals surface area contributed by atoms with Gasteiger partial charge in [-0.15, -0.1) is 0 Å². The lowest BCUT2D eigenvalue weighted by molar-refractivity contribution is -0.385. The van der Waals surface area contributed by atoms with Gasteiger partial charge in [0.05, 0.1) is 28.7 Å². The van der Waals surface area contributed by atoms with E-state index in [0.717, 1.165) is 6.07 Å². The lowest BCUT2D eigenvalue weighted by Gasteiger charge is -2.29. The van der Waals surface area contributed by atoms with Crippen molar-refractivity contribution in [3.63, 3.8) is 0 Å². The van der Waals surface area contributed by atoms with Crippen LogP contribution in [0, 0.1) is 10.1 Å². The number of carbonyl (C=O) groups is 1. The maximum absolute atomic E-state index is 13.0. The van der Waals surface area contributed by atoms with Gasteiger partial charge in [-0.05, 0) is 30.3 Å². The molecule has 1 saturated heterocycles.